The third-order valence-electron chi connectivity index (χ3n) is 5.13. The zero-order valence-corrected chi connectivity index (χ0v) is 11.6. The van der Waals surface area contributed by atoms with E-state index in [1.807, 2.05) is 0 Å². The van der Waals surface area contributed by atoms with Crippen molar-refractivity contribution in [3.05, 3.63) is 0 Å². The van der Waals surface area contributed by atoms with Gasteiger partial charge in [0.1, 0.15) is 0 Å². The molecule has 18 heavy (non-hydrogen) atoms. The van der Waals surface area contributed by atoms with Crippen LogP contribution in [0.2, 0.25) is 0 Å². The standard InChI is InChI=1S/C14H25N3O/c1-10-9-16(2)6-7-17(10)14(18)13-12-5-3-4-11(12)8-15-13/h10-13,15H,3-9H2,1-2H3. The Balaban J connectivity index is 1.67. The monoisotopic (exact) mass is 251 g/mol. The Hall–Kier alpha value is -0.610. The average molecular weight is 251 g/mol. The number of fused-ring (bicyclic) bond motifs is 1. The van der Waals surface area contributed by atoms with Gasteiger partial charge in [0.05, 0.1) is 6.04 Å². The SMILES string of the molecule is CC1CN(C)CCN1C(=O)C1NCC2CCCC21. The molecule has 4 unspecified atom stereocenters. The van der Waals surface area contributed by atoms with Gasteiger partial charge in [-0.25, -0.2) is 0 Å². The smallest absolute Gasteiger partial charge is 0.240 e. The molecule has 4 atom stereocenters. The van der Waals surface area contributed by atoms with Crippen LogP contribution >= 0.6 is 0 Å². The van der Waals surface area contributed by atoms with Crippen LogP contribution in [0.1, 0.15) is 26.2 Å². The first-order chi connectivity index (χ1) is 8.66. The van der Waals surface area contributed by atoms with Crippen molar-refractivity contribution in [2.24, 2.45) is 11.8 Å². The van der Waals surface area contributed by atoms with E-state index in [1.165, 1.54) is 19.3 Å². The maximum atomic E-state index is 12.7. The Labute approximate surface area is 110 Å². The topological polar surface area (TPSA) is 35.6 Å². The Morgan fingerprint density at radius 1 is 1.28 bits per heavy atom. The zero-order valence-electron chi connectivity index (χ0n) is 11.6. The second-order valence-corrected chi connectivity index (χ2v) is 6.38. The molecule has 1 saturated carbocycles. The van der Waals surface area contributed by atoms with E-state index in [-0.39, 0.29) is 6.04 Å². The number of likely N-dealkylation sites (N-methyl/N-ethyl adjacent to an activating group) is 1. The van der Waals surface area contributed by atoms with Crippen molar-refractivity contribution < 1.29 is 4.79 Å². The van der Waals surface area contributed by atoms with E-state index in [2.05, 4.69) is 29.1 Å². The van der Waals surface area contributed by atoms with E-state index in [1.54, 1.807) is 0 Å². The number of carbonyl (C=O) groups excluding carboxylic acids is 1. The number of piperazine rings is 1. The molecule has 3 rings (SSSR count). The van der Waals surface area contributed by atoms with Gasteiger partial charge in [0, 0.05) is 25.7 Å². The fraction of sp³-hybridized carbons (Fsp3) is 0.929. The lowest BCUT2D eigenvalue weighted by Gasteiger charge is -2.40. The number of hydrogen-bond donors (Lipinski definition) is 1. The highest BCUT2D eigenvalue weighted by molar-refractivity contribution is 5.83. The minimum Gasteiger partial charge on any atom is -0.336 e. The summed E-state index contributed by atoms with van der Waals surface area (Å²) < 4.78 is 0. The van der Waals surface area contributed by atoms with E-state index < -0.39 is 0 Å². The summed E-state index contributed by atoms with van der Waals surface area (Å²) in [7, 11) is 2.14. The summed E-state index contributed by atoms with van der Waals surface area (Å²) in [6, 6.07) is 0.474. The zero-order chi connectivity index (χ0) is 12.7. The minimum atomic E-state index is 0.114. The molecular formula is C14H25N3O. The predicted octanol–water partition coefficient (Wildman–Crippen LogP) is 0.537. The molecule has 0 aromatic heterocycles. The average Bonchev–Trinajstić information content (AvgIpc) is 2.89. The number of hydrogen-bond acceptors (Lipinski definition) is 3. The molecule has 3 aliphatic rings. The van der Waals surface area contributed by atoms with E-state index in [0.717, 1.165) is 32.1 Å². The number of nitrogens with one attached hydrogen (secondary N) is 1. The van der Waals surface area contributed by atoms with Crippen LogP contribution in [0.4, 0.5) is 0 Å². The number of amides is 1. The van der Waals surface area contributed by atoms with Crippen molar-refractivity contribution in [3.8, 4) is 0 Å². The molecule has 2 heterocycles. The number of rotatable bonds is 1. The molecule has 4 nitrogen and oxygen atoms in total. The van der Waals surface area contributed by atoms with E-state index in [0.29, 0.717) is 17.9 Å². The Bertz CT molecular complexity index is 333. The maximum absolute atomic E-state index is 12.7. The van der Waals surface area contributed by atoms with Gasteiger partial charge >= 0.3 is 0 Å². The van der Waals surface area contributed by atoms with Gasteiger partial charge in [0.2, 0.25) is 5.91 Å². The summed E-state index contributed by atoms with van der Waals surface area (Å²) >= 11 is 0. The van der Waals surface area contributed by atoms with E-state index in [4.69, 9.17) is 0 Å². The normalized spacial score (nSPS) is 41.1. The molecule has 1 aliphatic carbocycles. The quantitative estimate of drug-likeness (QED) is 0.739. The summed E-state index contributed by atoms with van der Waals surface area (Å²) in [5, 5.41) is 3.48. The fourth-order valence-corrected chi connectivity index (χ4v) is 4.10. The van der Waals surface area contributed by atoms with Crippen LogP contribution in [0.5, 0.6) is 0 Å². The van der Waals surface area contributed by atoms with Gasteiger partial charge in [0.25, 0.3) is 0 Å². The van der Waals surface area contributed by atoms with Crippen molar-refractivity contribution in [2.45, 2.75) is 38.3 Å². The molecular weight excluding hydrogens is 226 g/mol. The fourth-order valence-electron chi connectivity index (χ4n) is 4.10. The third-order valence-corrected chi connectivity index (χ3v) is 5.13. The maximum Gasteiger partial charge on any atom is 0.240 e. The van der Waals surface area contributed by atoms with Crippen molar-refractivity contribution in [1.82, 2.24) is 15.1 Å². The van der Waals surface area contributed by atoms with Crippen molar-refractivity contribution in [3.63, 3.8) is 0 Å². The number of carbonyl (C=O) groups is 1. The second-order valence-electron chi connectivity index (χ2n) is 6.38. The van der Waals surface area contributed by atoms with Crippen LogP contribution in [0, 0.1) is 11.8 Å². The van der Waals surface area contributed by atoms with Crippen LogP contribution in [0.3, 0.4) is 0 Å². The van der Waals surface area contributed by atoms with Gasteiger partial charge in [-0.1, -0.05) is 6.42 Å². The predicted molar refractivity (Wildman–Crippen MR) is 71.3 cm³/mol. The summed E-state index contributed by atoms with van der Waals surface area (Å²) in [5.74, 6) is 1.75. The van der Waals surface area contributed by atoms with Gasteiger partial charge in [-0.2, -0.15) is 0 Å². The van der Waals surface area contributed by atoms with Crippen LogP contribution < -0.4 is 5.32 Å². The molecule has 2 aliphatic heterocycles. The first-order valence-electron chi connectivity index (χ1n) is 7.39. The Morgan fingerprint density at radius 2 is 2.11 bits per heavy atom. The summed E-state index contributed by atoms with van der Waals surface area (Å²) in [6.45, 7) is 6.15. The summed E-state index contributed by atoms with van der Waals surface area (Å²) in [6.07, 6.45) is 3.88. The van der Waals surface area contributed by atoms with Crippen LogP contribution in [-0.4, -0.2) is 61.0 Å². The molecule has 102 valence electrons. The van der Waals surface area contributed by atoms with Gasteiger partial charge in [-0.05, 0) is 45.2 Å². The van der Waals surface area contributed by atoms with Gasteiger partial charge in [0.15, 0.2) is 0 Å². The van der Waals surface area contributed by atoms with Crippen molar-refractivity contribution >= 4 is 5.91 Å². The van der Waals surface area contributed by atoms with Crippen LogP contribution in [-0.2, 0) is 4.79 Å². The number of nitrogens with zero attached hydrogens (tertiary/aromatic N) is 2. The lowest BCUT2D eigenvalue weighted by atomic mass is 9.93. The van der Waals surface area contributed by atoms with Gasteiger partial charge < -0.3 is 15.1 Å². The first-order valence-corrected chi connectivity index (χ1v) is 7.39. The molecule has 0 aromatic carbocycles. The molecule has 4 heteroatoms. The molecule has 3 fully saturated rings. The van der Waals surface area contributed by atoms with Gasteiger partial charge in [-0.3, -0.25) is 4.79 Å². The molecule has 2 saturated heterocycles. The van der Waals surface area contributed by atoms with E-state index >= 15 is 0 Å². The third kappa shape index (κ3) is 2.05. The molecule has 0 radical (unpaired) electrons. The minimum absolute atomic E-state index is 0.114. The molecule has 0 bridgehead atoms. The largest absolute Gasteiger partial charge is 0.336 e. The van der Waals surface area contributed by atoms with Crippen LogP contribution in [0.15, 0.2) is 0 Å². The molecule has 0 spiro atoms. The highest BCUT2D eigenvalue weighted by atomic mass is 16.2. The van der Waals surface area contributed by atoms with Crippen molar-refractivity contribution in [1.29, 1.82) is 0 Å². The second kappa shape index (κ2) is 4.82. The summed E-state index contributed by atoms with van der Waals surface area (Å²) in [4.78, 5) is 17.1. The molecule has 1 amide bonds. The highest BCUT2D eigenvalue weighted by Gasteiger charge is 2.44. The molecule has 1 N–H and O–H groups in total. The van der Waals surface area contributed by atoms with E-state index in [9.17, 15) is 4.79 Å². The Morgan fingerprint density at radius 3 is 2.89 bits per heavy atom. The lowest BCUT2D eigenvalue weighted by Crippen LogP contribution is -2.57. The highest BCUT2D eigenvalue weighted by Crippen LogP contribution is 2.38. The molecule has 0 aromatic rings. The first kappa shape index (κ1) is 12.4. The summed E-state index contributed by atoms with van der Waals surface area (Å²) in [5.41, 5.74) is 0. The van der Waals surface area contributed by atoms with Crippen LogP contribution in [0.25, 0.3) is 0 Å². The van der Waals surface area contributed by atoms with Crippen molar-refractivity contribution in [2.75, 3.05) is 33.2 Å². The Kier molecular flexibility index (Phi) is 3.32. The van der Waals surface area contributed by atoms with Gasteiger partial charge in [-0.15, -0.1) is 0 Å². The lowest BCUT2D eigenvalue weighted by molar-refractivity contribution is -0.138.